The van der Waals surface area contributed by atoms with Crippen molar-refractivity contribution in [3.63, 3.8) is 0 Å². The number of aliphatic hydroxyl groups excluding tert-OH is 1. The molecule has 2 N–H and O–H groups in total. The molecule has 2 unspecified atom stereocenters. The molecule has 0 aliphatic heterocycles. The zero-order valence-electron chi connectivity index (χ0n) is 9.72. The van der Waals surface area contributed by atoms with Gasteiger partial charge in [-0.3, -0.25) is 0 Å². The fourth-order valence-electron chi connectivity index (χ4n) is 1.42. The average molecular weight is 294 g/mol. The smallest absolute Gasteiger partial charge is 0.400 e. The van der Waals surface area contributed by atoms with E-state index in [9.17, 15) is 36.2 Å². The lowest BCUT2D eigenvalue weighted by Crippen LogP contribution is -2.39. The summed E-state index contributed by atoms with van der Waals surface area (Å²) >= 11 is 0. The second-order valence-electron chi connectivity index (χ2n) is 4.12. The van der Waals surface area contributed by atoms with Crippen LogP contribution in [0.4, 0.5) is 26.3 Å². The van der Waals surface area contributed by atoms with E-state index in [0.717, 1.165) is 6.92 Å². The van der Waals surface area contributed by atoms with E-state index >= 15 is 0 Å². The monoisotopic (exact) mass is 294 g/mol. The molecule has 0 aromatic rings. The Morgan fingerprint density at radius 2 is 1.53 bits per heavy atom. The Labute approximate surface area is 104 Å². The minimum Gasteiger partial charge on any atom is -0.478 e. The van der Waals surface area contributed by atoms with Gasteiger partial charge < -0.3 is 10.2 Å². The summed E-state index contributed by atoms with van der Waals surface area (Å²) in [7, 11) is 0. The number of carboxylic acid groups (broad SMARTS) is 1. The fraction of sp³-hybridized carbons (Fsp3) is 0.700. The van der Waals surface area contributed by atoms with Crippen LogP contribution >= 0.6 is 0 Å². The van der Waals surface area contributed by atoms with E-state index in [-0.39, 0.29) is 0 Å². The number of carboxylic acids is 1. The summed E-state index contributed by atoms with van der Waals surface area (Å²) in [5, 5.41) is 17.8. The molecule has 0 fully saturated rings. The van der Waals surface area contributed by atoms with Crippen LogP contribution in [0.1, 0.15) is 13.3 Å². The van der Waals surface area contributed by atoms with Crippen molar-refractivity contribution in [2.45, 2.75) is 31.8 Å². The second-order valence-corrected chi connectivity index (χ2v) is 4.12. The van der Waals surface area contributed by atoms with Gasteiger partial charge in [-0.2, -0.15) is 26.3 Å². The molecule has 0 aliphatic rings. The molecule has 0 aromatic heterocycles. The number of aliphatic carboxylic acids is 1. The lowest BCUT2D eigenvalue weighted by molar-refractivity contribution is -0.288. The van der Waals surface area contributed by atoms with Crippen LogP contribution in [0.25, 0.3) is 0 Å². The molecule has 3 nitrogen and oxygen atoms in total. The molecule has 112 valence electrons. The summed E-state index contributed by atoms with van der Waals surface area (Å²) in [4.78, 5) is 10.4. The van der Waals surface area contributed by atoms with Gasteiger partial charge >= 0.3 is 18.3 Å². The number of halogens is 6. The zero-order chi connectivity index (χ0) is 15.6. The van der Waals surface area contributed by atoms with Gasteiger partial charge in [0.1, 0.15) is 0 Å². The van der Waals surface area contributed by atoms with Gasteiger partial charge in [0.15, 0.2) is 5.92 Å². The Hall–Kier alpha value is -1.25. The normalized spacial score (nSPS) is 16.3. The number of hydrogen-bond acceptors (Lipinski definition) is 2. The van der Waals surface area contributed by atoms with Crippen molar-refractivity contribution in [2.75, 3.05) is 0 Å². The molecule has 0 saturated heterocycles. The Balaban J connectivity index is 4.98. The van der Waals surface area contributed by atoms with Gasteiger partial charge in [-0.15, -0.1) is 0 Å². The zero-order valence-corrected chi connectivity index (χ0v) is 9.72. The van der Waals surface area contributed by atoms with E-state index in [1.807, 2.05) is 0 Å². The molecule has 0 amide bonds. The Morgan fingerprint density at radius 3 is 1.79 bits per heavy atom. The van der Waals surface area contributed by atoms with Crippen LogP contribution in [0, 0.1) is 11.8 Å². The maximum absolute atomic E-state index is 12.3. The highest BCUT2D eigenvalue weighted by Gasteiger charge is 2.56. The van der Waals surface area contributed by atoms with Crippen molar-refractivity contribution in [2.24, 2.45) is 11.8 Å². The highest BCUT2D eigenvalue weighted by atomic mass is 19.4. The van der Waals surface area contributed by atoms with Crippen molar-refractivity contribution >= 4 is 5.97 Å². The molecular weight excluding hydrogens is 282 g/mol. The first kappa shape index (κ1) is 17.8. The molecule has 2 atom stereocenters. The van der Waals surface area contributed by atoms with Crippen molar-refractivity contribution < 1.29 is 41.4 Å². The highest BCUT2D eigenvalue weighted by Crippen LogP contribution is 2.43. The van der Waals surface area contributed by atoms with E-state index < -0.39 is 48.3 Å². The predicted molar refractivity (Wildman–Crippen MR) is 52.2 cm³/mol. The van der Waals surface area contributed by atoms with Crippen molar-refractivity contribution in [1.29, 1.82) is 0 Å². The number of rotatable bonds is 5. The van der Waals surface area contributed by atoms with E-state index in [1.165, 1.54) is 0 Å². The first-order valence-electron chi connectivity index (χ1n) is 5.02. The molecular formula is C10H12F6O3. The maximum atomic E-state index is 12.3. The Kier molecular flexibility index (Phi) is 5.42. The van der Waals surface area contributed by atoms with Gasteiger partial charge in [0, 0.05) is 0 Å². The SMILES string of the molecule is C=C(C(=O)O)C(O)C(C)CC(C(F)(F)F)C(F)(F)F. The molecule has 0 bridgehead atoms. The standard InChI is InChI=1S/C10H12F6O3/c1-4(7(17)5(2)8(18)19)3-6(9(11,12)13)10(14,15)16/h4,6-7,17H,2-3H2,1H3,(H,18,19). The third-order valence-electron chi connectivity index (χ3n) is 2.57. The lowest BCUT2D eigenvalue weighted by Gasteiger charge is -2.27. The molecule has 0 radical (unpaired) electrons. The van der Waals surface area contributed by atoms with Gasteiger partial charge in [0.25, 0.3) is 0 Å². The van der Waals surface area contributed by atoms with Crippen LogP contribution in [0.5, 0.6) is 0 Å². The lowest BCUT2D eigenvalue weighted by atomic mass is 9.88. The van der Waals surface area contributed by atoms with Crippen LogP contribution in [0.3, 0.4) is 0 Å². The molecule has 0 heterocycles. The molecule has 0 aliphatic carbocycles. The number of carbonyl (C=O) groups is 1. The van der Waals surface area contributed by atoms with Crippen molar-refractivity contribution in [3.8, 4) is 0 Å². The van der Waals surface area contributed by atoms with Crippen LogP contribution in [-0.4, -0.2) is 34.6 Å². The first-order chi connectivity index (χ1) is 8.28. The van der Waals surface area contributed by atoms with Crippen LogP contribution in [0.2, 0.25) is 0 Å². The predicted octanol–water partition coefficient (Wildman–Crippen LogP) is 2.76. The van der Waals surface area contributed by atoms with Crippen molar-refractivity contribution in [3.05, 3.63) is 12.2 Å². The fourth-order valence-corrected chi connectivity index (χ4v) is 1.42. The Morgan fingerprint density at radius 1 is 1.16 bits per heavy atom. The third-order valence-corrected chi connectivity index (χ3v) is 2.57. The summed E-state index contributed by atoms with van der Waals surface area (Å²) in [5.74, 6) is -6.86. The minimum absolute atomic E-state index is 0.851. The summed E-state index contributed by atoms with van der Waals surface area (Å²) in [6, 6.07) is 0. The minimum atomic E-state index is -5.52. The van der Waals surface area contributed by atoms with Crippen LogP contribution in [-0.2, 0) is 4.79 Å². The maximum Gasteiger partial charge on any atom is 0.400 e. The number of alkyl halides is 6. The summed E-state index contributed by atoms with van der Waals surface area (Å²) < 4.78 is 73.6. The van der Waals surface area contributed by atoms with E-state index in [2.05, 4.69) is 6.58 Å². The van der Waals surface area contributed by atoms with Crippen molar-refractivity contribution in [1.82, 2.24) is 0 Å². The largest absolute Gasteiger partial charge is 0.478 e. The van der Waals surface area contributed by atoms with E-state index in [0.29, 0.717) is 0 Å². The van der Waals surface area contributed by atoms with Gasteiger partial charge in [-0.1, -0.05) is 13.5 Å². The molecule has 19 heavy (non-hydrogen) atoms. The molecule has 0 aromatic carbocycles. The van der Waals surface area contributed by atoms with Gasteiger partial charge in [-0.05, 0) is 12.3 Å². The van der Waals surface area contributed by atoms with E-state index in [1.54, 1.807) is 0 Å². The first-order valence-corrected chi connectivity index (χ1v) is 5.02. The summed E-state index contributed by atoms with van der Waals surface area (Å²) in [5.41, 5.74) is -0.851. The molecule has 0 saturated carbocycles. The third kappa shape index (κ3) is 5.09. The van der Waals surface area contributed by atoms with Crippen LogP contribution < -0.4 is 0 Å². The van der Waals surface area contributed by atoms with Crippen LogP contribution in [0.15, 0.2) is 12.2 Å². The molecule has 0 spiro atoms. The average Bonchev–Trinajstić information content (AvgIpc) is 2.19. The Bertz CT molecular complexity index is 332. The molecule has 0 rings (SSSR count). The van der Waals surface area contributed by atoms with Gasteiger partial charge in [0.05, 0.1) is 11.7 Å². The molecule has 9 heteroatoms. The topological polar surface area (TPSA) is 57.5 Å². The quantitative estimate of drug-likeness (QED) is 0.605. The summed E-state index contributed by atoms with van der Waals surface area (Å²) in [6.07, 6.45) is -14.5. The summed E-state index contributed by atoms with van der Waals surface area (Å²) in [6.45, 7) is 3.79. The van der Waals surface area contributed by atoms with Gasteiger partial charge in [0.2, 0.25) is 0 Å². The van der Waals surface area contributed by atoms with E-state index in [4.69, 9.17) is 5.11 Å². The second kappa shape index (κ2) is 5.81. The van der Waals surface area contributed by atoms with Gasteiger partial charge in [-0.25, -0.2) is 4.79 Å². The number of hydrogen-bond donors (Lipinski definition) is 2. The highest BCUT2D eigenvalue weighted by molar-refractivity contribution is 5.86. The number of aliphatic hydroxyl groups is 1.